The van der Waals surface area contributed by atoms with E-state index in [-0.39, 0.29) is 12.0 Å². The van der Waals surface area contributed by atoms with Crippen LogP contribution >= 0.6 is 0 Å². The Labute approximate surface area is 123 Å². The molecule has 1 aliphatic heterocycles. The predicted molar refractivity (Wildman–Crippen MR) is 79.7 cm³/mol. The van der Waals surface area contributed by atoms with E-state index in [4.69, 9.17) is 4.74 Å². The van der Waals surface area contributed by atoms with Crippen molar-refractivity contribution in [2.45, 2.75) is 33.3 Å². The third-order valence-electron chi connectivity index (χ3n) is 3.35. The van der Waals surface area contributed by atoms with Crippen molar-refractivity contribution in [3.63, 3.8) is 0 Å². The third-order valence-corrected chi connectivity index (χ3v) is 3.35. The van der Waals surface area contributed by atoms with E-state index < -0.39 is 0 Å². The minimum absolute atomic E-state index is 0.193. The number of rotatable bonds is 2. The van der Waals surface area contributed by atoms with Crippen molar-refractivity contribution in [1.29, 1.82) is 0 Å². The Morgan fingerprint density at radius 2 is 2.10 bits per heavy atom. The topological polar surface area (TPSA) is 64.1 Å². The largest absolute Gasteiger partial charge is 0.490 e. The molecular weight excluding hydrogens is 266 g/mol. The minimum Gasteiger partial charge on any atom is -0.490 e. The van der Waals surface area contributed by atoms with E-state index in [1.54, 1.807) is 13.0 Å². The van der Waals surface area contributed by atoms with E-state index in [1.807, 2.05) is 32.0 Å². The molecule has 5 heteroatoms. The number of carbonyl (C=O) groups is 1. The summed E-state index contributed by atoms with van der Waals surface area (Å²) < 4.78 is 5.65. The molecule has 1 N–H and O–H groups in total. The summed E-state index contributed by atoms with van der Waals surface area (Å²) in [6.07, 6.45) is 1.06. The number of fused-ring (bicyclic) bond motifs is 1. The van der Waals surface area contributed by atoms with Gasteiger partial charge >= 0.3 is 0 Å². The van der Waals surface area contributed by atoms with Crippen LogP contribution in [-0.4, -0.2) is 22.0 Å². The van der Waals surface area contributed by atoms with Crippen LogP contribution in [0, 0.1) is 13.8 Å². The second-order valence-electron chi connectivity index (χ2n) is 5.35. The Bertz CT molecular complexity index is 692. The quantitative estimate of drug-likeness (QED) is 0.920. The lowest BCUT2D eigenvalue weighted by Gasteiger charge is -2.07. The van der Waals surface area contributed by atoms with Gasteiger partial charge in [0.05, 0.1) is 0 Å². The summed E-state index contributed by atoms with van der Waals surface area (Å²) in [5, 5.41) is 2.87. The molecule has 2 heterocycles. The zero-order valence-electron chi connectivity index (χ0n) is 12.3. The van der Waals surface area contributed by atoms with Crippen molar-refractivity contribution in [3.05, 3.63) is 47.0 Å². The number of hydrogen-bond acceptors (Lipinski definition) is 4. The SMILES string of the molecule is Cc1cc(C(=O)Nc2ccc3c(c2)CC(C)O3)nc(C)n1. The highest BCUT2D eigenvalue weighted by Crippen LogP contribution is 2.31. The normalized spacial score (nSPS) is 16.2. The Balaban J connectivity index is 1.80. The summed E-state index contributed by atoms with van der Waals surface area (Å²) in [6, 6.07) is 7.37. The van der Waals surface area contributed by atoms with Gasteiger partial charge in [0.2, 0.25) is 0 Å². The fourth-order valence-electron chi connectivity index (χ4n) is 2.53. The fourth-order valence-corrected chi connectivity index (χ4v) is 2.53. The molecule has 3 rings (SSSR count). The highest BCUT2D eigenvalue weighted by Gasteiger charge is 2.19. The molecule has 0 saturated heterocycles. The van der Waals surface area contributed by atoms with Crippen LogP contribution in [0.5, 0.6) is 5.75 Å². The standard InChI is InChI=1S/C16H17N3O2/c1-9-6-14(18-11(3)17-9)16(20)19-13-4-5-15-12(8-13)7-10(2)21-15/h4-6,8,10H,7H2,1-3H3,(H,19,20). The van der Waals surface area contributed by atoms with Crippen LogP contribution in [0.15, 0.2) is 24.3 Å². The number of nitrogens with one attached hydrogen (secondary N) is 1. The van der Waals surface area contributed by atoms with Crippen LogP contribution in [0.4, 0.5) is 5.69 Å². The van der Waals surface area contributed by atoms with Gasteiger partial charge in [-0.05, 0) is 50.6 Å². The van der Waals surface area contributed by atoms with Crippen LogP contribution < -0.4 is 10.1 Å². The number of hydrogen-bond donors (Lipinski definition) is 1. The molecule has 1 amide bonds. The molecule has 0 bridgehead atoms. The maximum atomic E-state index is 12.3. The Morgan fingerprint density at radius 1 is 1.29 bits per heavy atom. The smallest absolute Gasteiger partial charge is 0.274 e. The van der Waals surface area contributed by atoms with Gasteiger partial charge < -0.3 is 10.1 Å². The summed E-state index contributed by atoms with van der Waals surface area (Å²) in [6.45, 7) is 5.65. The zero-order valence-corrected chi connectivity index (χ0v) is 12.3. The molecule has 0 spiro atoms. The van der Waals surface area contributed by atoms with Gasteiger partial charge in [-0.25, -0.2) is 9.97 Å². The van der Waals surface area contributed by atoms with E-state index in [0.717, 1.165) is 29.1 Å². The molecule has 1 aromatic carbocycles. The molecule has 1 unspecified atom stereocenters. The summed E-state index contributed by atoms with van der Waals surface area (Å²) in [5.74, 6) is 1.26. The maximum absolute atomic E-state index is 12.3. The summed E-state index contributed by atoms with van der Waals surface area (Å²) >= 11 is 0. The number of anilines is 1. The fraction of sp³-hybridized carbons (Fsp3) is 0.312. The summed E-state index contributed by atoms with van der Waals surface area (Å²) in [4.78, 5) is 20.6. The van der Waals surface area contributed by atoms with Gasteiger partial charge in [-0.2, -0.15) is 0 Å². The molecule has 108 valence electrons. The number of carbonyl (C=O) groups excluding carboxylic acids is 1. The molecule has 0 radical (unpaired) electrons. The minimum atomic E-state index is -0.226. The van der Waals surface area contributed by atoms with Crippen molar-refractivity contribution in [2.24, 2.45) is 0 Å². The van der Waals surface area contributed by atoms with Crippen molar-refractivity contribution in [1.82, 2.24) is 9.97 Å². The van der Waals surface area contributed by atoms with Gasteiger partial charge in [-0.3, -0.25) is 4.79 Å². The van der Waals surface area contributed by atoms with Crippen molar-refractivity contribution in [3.8, 4) is 5.75 Å². The van der Waals surface area contributed by atoms with Gasteiger partial charge in [0.15, 0.2) is 0 Å². The van der Waals surface area contributed by atoms with Gasteiger partial charge in [0.1, 0.15) is 23.4 Å². The van der Waals surface area contributed by atoms with Gasteiger partial charge in [0, 0.05) is 17.8 Å². The number of aryl methyl sites for hydroxylation is 2. The van der Waals surface area contributed by atoms with E-state index in [9.17, 15) is 4.79 Å². The predicted octanol–water partition coefficient (Wildman–Crippen LogP) is 2.67. The van der Waals surface area contributed by atoms with Gasteiger partial charge in [-0.1, -0.05) is 0 Å². The van der Waals surface area contributed by atoms with Crippen LogP contribution in [0.25, 0.3) is 0 Å². The first kappa shape index (κ1) is 13.5. The number of aromatic nitrogens is 2. The molecule has 21 heavy (non-hydrogen) atoms. The molecule has 1 atom stereocenters. The van der Waals surface area contributed by atoms with E-state index in [1.165, 1.54) is 0 Å². The number of ether oxygens (including phenoxy) is 1. The summed E-state index contributed by atoms with van der Waals surface area (Å²) in [5.41, 5.74) is 3.04. The number of amides is 1. The lowest BCUT2D eigenvalue weighted by molar-refractivity contribution is 0.102. The monoisotopic (exact) mass is 283 g/mol. The second kappa shape index (κ2) is 5.16. The molecule has 0 fully saturated rings. The van der Waals surface area contributed by atoms with E-state index >= 15 is 0 Å². The van der Waals surface area contributed by atoms with Crippen LogP contribution in [0.1, 0.15) is 34.5 Å². The van der Waals surface area contributed by atoms with Gasteiger partial charge in [-0.15, -0.1) is 0 Å². The third kappa shape index (κ3) is 2.86. The zero-order chi connectivity index (χ0) is 15.0. The maximum Gasteiger partial charge on any atom is 0.274 e. The lowest BCUT2D eigenvalue weighted by atomic mass is 10.1. The second-order valence-corrected chi connectivity index (χ2v) is 5.35. The number of benzene rings is 1. The highest BCUT2D eigenvalue weighted by molar-refractivity contribution is 6.03. The van der Waals surface area contributed by atoms with Crippen molar-refractivity contribution >= 4 is 11.6 Å². The first-order valence-corrected chi connectivity index (χ1v) is 6.94. The molecule has 1 aromatic heterocycles. The lowest BCUT2D eigenvalue weighted by Crippen LogP contribution is -2.15. The first-order valence-electron chi connectivity index (χ1n) is 6.94. The number of nitrogens with zero attached hydrogens (tertiary/aromatic N) is 2. The van der Waals surface area contributed by atoms with Crippen LogP contribution in [0.3, 0.4) is 0 Å². The average molecular weight is 283 g/mol. The average Bonchev–Trinajstić information content (AvgIpc) is 2.77. The Morgan fingerprint density at radius 3 is 2.86 bits per heavy atom. The summed E-state index contributed by atoms with van der Waals surface area (Å²) in [7, 11) is 0. The Hall–Kier alpha value is -2.43. The molecular formula is C16H17N3O2. The van der Waals surface area contributed by atoms with E-state index in [2.05, 4.69) is 15.3 Å². The first-order chi connectivity index (χ1) is 10.0. The Kier molecular flexibility index (Phi) is 3.33. The van der Waals surface area contributed by atoms with Crippen molar-refractivity contribution < 1.29 is 9.53 Å². The van der Waals surface area contributed by atoms with Crippen LogP contribution in [0.2, 0.25) is 0 Å². The van der Waals surface area contributed by atoms with Crippen molar-refractivity contribution in [2.75, 3.05) is 5.32 Å². The molecule has 2 aromatic rings. The van der Waals surface area contributed by atoms with E-state index in [0.29, 0.717) is 11.5 Å². The van der Waals surface area contributed by atoms with Crippen LogP contribution in [-0.2, 0) is 6.42 Å². The molecule has 0 aliphatic carbocycles. The highest BCUT2D eigenvalue weighted by atomic mass is 16.5. The van der Waals surface area contributed by atoms with Gasteiger partial charge in [0.25, 0.3) is 5.91 Å². The molecule has 5 nitrogen and oxygen atoms in total. The molecule has 0 saturated carbocycles. The molecule has 1 aliphatic rings.